The molecule has 1 aliphatic rings. The third-order valence-corrected chi connectivity index (χ3v) is 6.07. The van der Waals surface area contributed by atoms with Crippen LogP contribution in [0.5, 0.6) is 0 Å². The highest BCUT2D eigenvalue weighted by molar-refractivity contribution is 7.09. The average molecular weight is 357 g/mol. The highest BCUT2D eigenvalue weighted by Gasteiger charge is 2.33. The molecule has 0 aliphatic carbocycles. The second kappa shape index (κ2) is 8.63. The quantitative estimate of drug-likeness (QED) is 0.764. The van der Waals surface area contributed by atoms with E-state index in [1.54, 1.807) is 0 Å². The smallest absolute Gasteiger partial charge is 0.226 e. The van der Waals surface area contributed by atoms with Gasteiger partial charge < -0.3 is 9.80 Å². The summed E-state index contributed by atoms with van der Waals surface area (Å²) in [7, 11) is 0. The third-order valence-electron chi connectivity index (χ3n) is 5.14. The van der Waals surface area contributed by atoms with Crippen molar-refractivity contribution in [2.45, 2.75) is 39.2 Å². The summed E-state index contributed by atoms with van der Waals surface area (Å²) in [6.07, 6.45) is 2.73. The minimum atomic E-state index is 0.232. The number of carbonyl (C=O) groups excluding carboxylic acids is 1. The first-order valence-electron chi connectivity index (χ1n) is 9.31. The molecular formula is C21H28N2OS. The van der Waals surface area contributed by atoms with Crippen molar-refractivity contribution in [3.63, 3.8) is 0 Å². The lowest BCUT2D eigenvalue weighted by Gasteiger charge is -2.42. The molecule has 1 fully saturated rings. The Balaban J connectivity index is 1.65. The fraction of sp³-hybridized carbons (Fsp3) is 0.476. The number of likely N-dealkylation sites (tertiary alicyclic amines) is 1. The molecule has 3 nitrogen and oxygen atoms in total. The summed E-state index contributed by atoms with van der Waals surface area (Å²) in [5.74, 6) is 0.711. The van der Waals surface area contributed by atoms with E-state index in [0.29, 0.717) is 18.4 Å². The van der Waals surface area contributed by atoms with E-state index in [1.165, 1.54) is 4.88 Å². The molecular weight excluding hydrogens is 328 g/mol. The molecule has 1 unspecified atom stereocenters. The van der Waals surface area contributed by atoms with E-state index in [1.807, 2.05) is 36.5 Å². The second-order valence-corrected chi connectivity index (χ2v) is 7.95. The van der Waals surface area contributed by atoms with Crippen molar-refractivity contribution >= 4 is 22.9 Å². The van der Waals surface area contributed by atoms with E-state index in [2.05, 4.69) is 46.4 Å². The summed E-state index contributed by atoms with van der Waals surface area (Å²) in [5.41, 5.74) is 1.04. The number of carbonyl (C=O) groups is 1. The summed E-state index contributed by atoms with van der Waals surface area (Å²) < 4.78 is 0. The standard InChI is InChI=1S/C21H28N2OS/c1-3-21(24)23(18-8-5-4-6-9-18)20-12-14-22(16-17(20)2)13-11-19-10-7-15-25-19/h4-10,15,17,20H,3,11-14,16H2,1-2H3/t17-,20?/m0/s1. The lowest BCUT2D eigenvalue weighted by molar-refractivity contribution is -0.119. The topological polar surface area (TPSA) is 23.6 Å². The van der Waals surface area contributed by atoms with Gasteiger partial charge in [0.15, 0.2) is 0 Å². The van der Waals surface area contributed by atoms with Crippen molar-refractivity contribution < 1.29 is 4.79 Å². The predicted octanol–water partition coefficient (Wildman–Crippen LogP) is 4.44. The maximum absolute atomic E-state index is 12.6. The van der Waals surface area contributed by atoms with Crippen LogP contribution in [-0.2, 0) is 11.2 Å². The molecule has 25 heavy (non-hydrogen) atoms. The van der Waals surface area contributed by atoms with Crippen LogP contribution >= 0.6 is 11.3 Å². The number of benzene rings is 1. The first kappa shape index (κ1) is 18.2. The van der Waals surface area contributed by atoms with Gasteiger partial charge in [-0.3, -0.25) is 4.79 Å². The number of rotatable bonds is 6. The number of anilines is 1. The SMILES string of the molecule is CCC(=O)N(c1ccccc1)C1CCN(CCc2cccs2)C[C@@H]1C. The fourth-order valence-electron chi connectivity index (χ4n) is 3.81. The minimum Gasteiger partial charge on any atom is -0.309 e. The molecule has 134 valence electrons. The average Bonchev–Trinajstić information content (AvgIpc) is 3.16. The zero-order valence-electron chi connectivity index (χ0n) is 15.2. The zero-order valence-corrected chi connectivity index (χ0v) is 16.0. The predicted molar refractivity (Wildman–Crippen MR) is 106 cm³/mol. The normalized spacial score (nSPS) is 21.2. The molecule has 1 aliphatic heterocycles. The van der Waals surface area contributed by atoms with E-state index in [-0.39, 0.29) is 5.91 Å². The second-order valence-electron chi connectivity index (χ2n) is 6.92. The molecule has 3 rings (SSSR count). The Morgan fingerprint density at radius 3 is 2.68 bits per heavy atom. The van der Waals surface area contributed by atoms with Gasteiger partial charge in [0.1, 0.15) is 0 Å². The number of hydrogen-bond acceptors (Lipinski definition) is 3. The summed E-state index contributed by atoms with van der Waals surface area (Å²) in [6, 6.07) is 14.8. The molecule has 1 aromatic heterocycles. The molecule has 0 N–H and O–H groups in total. The molecule has 1 amide bonds. The Morgan fingerprint density at radius 2 is 2.04 bits per heavy atom. The lowest BCUT2D eigenvalue weighted by Crippen LogP contribution is -2.52. The molecule has 2 aromatic rings. The molecule has 2 heterocycles. The van der Waals surface area contributed by atoms with Crippen LogP contribution in [0, 0.1) is 5.92 Å². The van der Waals surface area contributed by atoms with Crippen molar-refractivity contribution in [1.29, 1.82) is 0 Å². The van der Waals surface area contributed by atoms with Gasteiger partial charge in [0.2, 0.25) is 5.91 Å². The fourth-order valence-corrected chi connectivity index (χ4v) is 4.51. The monoisotopic (exact) mass is 356 g/mol. The zero-order chi connectivity index (χ0) is 17.6. The molecule has 1 aromatic carbocycles. The molecule has 0 radical (unpaired) electrons. The number of thiophene rings is 1. The van der Waals surface area contributed by atoms with Gasteiger partial charge >= 0.3 is 0 Å². The van der Waals surface area contributed by atoms with Crippen LogP contribution in [0.25, 0.3) is 0 Å². The maximum atomic E-state index is 12.6. The highest BCUT2D eigenvalue weighted by atomic mass is 32.1. The van der Waals surface area contributed by atoms with E-state index in [0.717, 1.165) is 38.2 Å². The summed E-state index contributed by atoms with van der Waals surface area (Å²) in [6.45, 7) is 7.50. The number of amides is 1. The van der Waals surface area contributed by atoms with Crippen molar-refractivity contribution in [2.24, 2.45) is 5.92 Å². The van der Waals surface area contributed by atoms with Gasteiger partial charge in [-0.05, 0) is 42.3 Å². The lowest BCUT2D eigenvalue weighted by atomic mass is 9.91. The van der Waals surface area contributed by atoms with E-state index in [4.69, 9.17) is 0 Å². The van der Waals surface area contributed by atoms with E-state index >= 15 is 0 Å². The molecule has 0 bridgehead atoms. The highest BCUT2D eigenvalue weighted by Crippen LogP contribution is 2.28. The van der Waals surface area contributed by atoms with Gasteiger partial charge in [-0.1, -0.05) is 38.1 Å². The van der Waals surface area contributed by atoms with Gasteiger partial charge in [0.25, 0.3) is 0 Å². The van der Waals surface area contributed by atoms with Crippen LogP contribution in [0.2, 0.25) is 0 Å². The Labute approximate surface area is 155 Å². The van der Waals surface area contributed by atoms with Crippen LogP contribution in [0.1, 0.15) is 31.6 Å². The van der Waals surface area contributed by atoms with Gasteiger partial charge in [-0.2, -0.15) is 0 Å². The van der Waals surface area contributed by atoms with Crippen LogP contribution in [-0.4, -0.2) is 36.5 Å². The molecule has 0 saturated carbocycles. The van der Waals surface area contributed by atoms with Gasteiger partial charge in [0, 0.05) is 42.7 Å². The number of para-hydroxylation sites is 1. The van der Waals surface area contributed by atoms with Crippen LogP contribution in [0.15, 0.2) is 47.8 Å². The van der Waals surface area contributed by atoms with Crippen molar-refractivity contribution in [1.82, 2.24) is 4.90 Å². The van der Waals surface area contributed by atoms with Crippen LogP contribution in [0.3, 0.4) is 0 Å². The Morgan fingerprint density at radius 1 is 1.24 bits per heavy atom. The minimum absolute atomic E-state index is 0.232. The molecule has 2 atom stereocenters. The Bertz CT molecular complexity index is 656. The maximum Gasteiger partial charge on any atom is 0.226 e. The molecule has 0 spiro atoms. The van der Waals surface area contributed by atoms with Crippen LogP contribution in [0.4, 0.5) is 5.69 Å². The Hall–Kier alpha value is -1.65. The van der Waals surface area contributed by atoms with Crippen molar-refractivity contribution in [3.05, 3.63) is 52.7 Å². The molecule has 1 saturated heterocycles. The van der Waals surface area contributed by atoms with Gasteiger partial charge in [-0.25, -0.2) is 0 Å². The van der Waals surface area contributed by atoms with Crippen LogP contribution < -0.4 is 4.90 Å². The van der Waals surface area contributed by atoms with E-state index in [9.17, 15) is 4.79 Å². The molecule has 4 heteroatoms. The van der Waals surface area contributed by atoms with Crippen molar-refractivity contribution in [2.75, 3.05) is 24.5 Å². The Kier molecular flexibility index (Phi) is 6.27. The number of piperidine rings is 1. The van der Waals surface area contributed by atoms with Gasteiger partial charge in [0.05, 0.1) is 0 Å². The number of hydrogen-bond donors (Lipinski definition) is 0. The van der Waals surface area contributed by atoms with Crippen molar-refractivity contribution in [3.8, 4) is 0 Å². The number of nitrogens with zero attached hydrogens (tertiary/aromatic N) is 2. The van der Waals surface area contributed by atoms with E-state index < -0.39 is 0 Å². The van der Waals surface area contributed by atoms with Gasteiger partial charge in [-0.15, -0.1) is 11.3 Å². The summed E-state index contributed by atoms with van der Waals surface area (Å²) in [5, 5.41) is 2.15. The third kappa shape index (κ3) is 4.50. The first-order chi connectivity index (χ1) is 12.2. The summed E-state index contributed by atoms with van der Waals surface area (Å²) >= 11 is 1.84. The largest absolute Gasteiger partial charge is 0.309 e. The summed E-state index contributed by atoms with van der Waals surface area (Å²) in [4.78, 5) is 18.7. The first-order valence-corrected chi connectivity index (χ1v) is 10.2.